The van der Waals surface area contributed by atoms with Crippen molar-refractivity contribution in [2.45, 2.75) is 19.3 Å². The number of benzene rings is 1. The van der Waals surface area contributed by atoms with E-state index in [-0.39, 0.29) is 17.8 Å². The van der Waals surface area contributed by atoms with E-state index in [4.69, 9.17) is 0 Å². The normalized spacial score (nSPS) is 14.8. The van der Waals surface area contributed by atoms with Crippen molar-refractivity contribution < 1.29 is 14.0 Å². The zero-order chi connectivity index (χ0) is 19.2. The molecule has 144 valence electrons. The summed E-state index contributed by atoms with van der Waals surface area (Å²) in [5.74, 6) is 0.0297. The lowest BCUT2D eigenvalue weighted by molar-refractivity contribution is 0.0940. The van der Waals surface area contributed by atoms with E-state index in [0.717, 1.165) is 19.3 Å². The molecule has 0 atom stereocenters. The van der Waals surface area contributed by atoms with E-state index in [2.05, 4.69) is 15.7 Å². The quantitative estimate of drug-likeness (QED) is 0.846. The number of carbonyl (C=O) groups excluding carboxylic acids is 2. The van der Waals surface area contributed by atoms with Gasteiger partial charge in [0, 0.05) is 38.6 Å². The maximum Gasteiger partial charge on any atom is 0.321 e. The largest absolute Gasteiger partial charge is 0.351 e. The van der Waals surface area contributed by atoms with Crippen LogP contribution in [0, 0.1) is 11.7 Å². The second-order valence-electron chi connectivity index (χ2n) is 6.75. The van der Waals surface area contributed by atoms with Gasteiger partial charge in [-0.1, -0.05) is 0 Å². The molecule has 0 aliphatic carbocycles. The predicted molar refractivity (Wildman–Crippen MR) is 99.9 cm³/mol. The minimum Gasteiger partial charge on any atom is -0.351 e. The Kier molecular flexibility index (Phi) is 6.05. The second-order valence-corrected chi connectivity index (χ2v) is 6.75. The number of piperidine rings is 1. The molecule has 1 aliphatic heterocycles. The maximum atomic E-state index is 12.9. The van der Waals surface area contributed by atoms with Crippen molar-refractivity contribution in [3.63, 3.8) is 0 Å². The molecule has 3 rings (SSSR count). The molecule has 1 aliphatic rings. The van der Waals surface area contributed by atoms with Crippen molar-refractivity contribution in [3.8, 4) is 0 Å². The Hall–Kier alpha value is -2.90. The third-order valence-electron chi connectivity index (χ3n) is 4.89. The molecular formula is C19H24FN5O2. The van der Waals surface area contributed by atoms with Gasteiger partial charge in [0.2, 0.25) is 0 Å². The summed E-state index contributed by atoms with van der Waals surface area (Å²) in [7, 11) is 1.74. The average Bonchev–Trinajstić information content (AvgIpc) is 3.10. The first-order chi connectivity index (χ1) is 13.0. The zero-order valence-corrected chi connectivity index (χ0v) is 15.3. The van der Waals surface area contributed by atoms with Crippen LogP contribution in [0.3, 0.4) is 0 Å². The Morgan fingerprint density at radius 2 is 1.89 bits per heavy atom. The lowest BCUT2D eigenvalue weighted by Gasteiger charge is -2.32. The molecule has 1 fully saturated rings. The van der Waals surface area contributed by atoms with E-state index in [1.54, 1.807) is 41.0 Å². The van der Waals surface area contributed by atoms with Gasteiger partial charge in [0.15, 0.2) is 0 Å². The lowest BCUT2D eigenvalue weighted by Crippen LogP contribution is -2.41. The number of nitrogens with zero attached hydrogens (tertiary/aromatic N) is 3. The van der Waals surface area contributed by atoms with E-state index in [1.807, 2.05) is 0 Å². The number of urea groups is 1. The first-order valence-corrected chi connectivity index (χ1v) is 9.10. The van der Waals surface area contributed by atoms with Crippen LogP contribution < -0.4 is 10.6 Å². The summed E-state index contributed by atoms with van der Waals surface area (Å²) in [6, 6.07) is 7.26. The summed E-state index contributed by atoms with van der Waals surface area (Å²) >= 11 is 0. The molecule has 0 saturated carbocycles. The van der Waals surface area contributed by atoms with Crippen LogP contribution in [0.25, 0.3) is 0 Å². The highest BCUT2D eigenvalue weighted by Crippen LogP contribution is 2.21. The van der Waals surface area contributed by atoms with Gasteiger partial charge in [-0.3, -0.25) is 9.48 Å². The highest BCUT2D eigenvalue weighted by molar-refractivity contribution is 5.92. The van der Waals surface area contributed by atoms with E-state index in [1.165, 1.54) is 12.1 Å². The number of hydrogen-bond acceptors (Lipinski definition) is 3. The average molecular weight is 373 g/mol. The Labute approximate surface area is 157 Å². The number of anilines is 1. The van der Waals surface area contributed by atoms with Crippen molar-refractivity contribution in [2.75, 3.05) is 25.0 Å². The maximum absolute atomic E-state index is 12.9. The van der Waals surface area contributed by atoms with Crippen LogP contribution >= 0.6 is 0 Å². The van der Waals surface area contributed by atoms with Gasteiger partial charge in [-0.2, -0.15) is 5.10 Å². The van der Waals surface area contributed by atoms with Crippen molar-refractivity contribution in [1.82, 2.24) is 20.0 Å². The smallest absolute Gasteiger partial charge is 0.321 e. The molecule has 0 radical (unpaired) electrons. The number of nitrogens with one attached hydrogen (secondary N) is 2. The van der Waals surface area contributed by atoms with Crippen molar-refractivity contribution >= 4 is 17.6 Å². The van der Waals surface area contributed by atoms with Crippen LogP contribution in [-0.4, -0.2) is 46.3 Å². The fourth-order valence-electron chi connectivity index (χ4n) is 3.24. The van der Waals surface area contributed by atoms with Gasteiger partial charge >= 0.3 is 6.03 Å². The molecule has 27 heavy (non-hydrogen) atoms. The first kappa shape index (κ1) is 18.9. The predicted octanol–water partition coefficient (Wildman–Crippen LogP) is 2.62. The zero-order valence-electron chi connectivity index (χ0n) is 15.3. The highest BCUT2D eigenvalue weighted by Gasteiger charge is 2.23. The summed E-state index contributed by atoms with van der Waals surface area (Å²) in [5.41, 5.74) is 1.13. The number of carbonyl (C=O) groups is 2. The molecule has 2 aromatic rings. The molecule has 1 aromatic carbocycles. The fraction of sp³-hybridized carbons (Fsp3) is 0.421. The Balaban J connectivity index is 1.37. The first-order valence-electron chi connectivity index (χ1n) is 9.10. The number of likely N-dealkylation sites (tertiary alicyclic amines) is 1. The minimum atomic E-state index is -0.329. The SMILES string of the molecule is Cn1nccc1C(=O)NCCC1CCN(C(=O)Nc2ccc(F)cc2)CC1. The molecule has 8 heteroatoms. The van der Waals surface area contributed by atoms with Crippen LogP contribution in [0.15, 0.2) is 36.5 Å². The molecule has 2 N–H and O–H groups in total. The minimum absolute atomic E-state index is 0.119. The van der Waals surface area contributed by atoms with Crippen LogP contribution in [0.4, 0.5) is 14.9 Å². The number of hydrogen-bond donors (Lipinski definition) is 2. The fourth-order valence-corrected chi connectivity index (χ4v) is 3.24. The Morgan fingerprint density at radius 1 is 1.19 bits per heavy atom. The molecule has 0 unspecified atom stereocenters. The number of aryl methyl sites for hydroxylation is 1. The summed E-state index contributed by atoms with van der Waals surface area (Å²) in [4.78, 5) is 26.1. The van der Waals surface area contributed by atoms with Gasteiger partial charge in [0.25, 0.3) is 5.91 Å². The Morgan fingerprint density at radius 3 is 2.52 bits per heavy atom. The number of amides is 3. The van der Waals surface area contributed by atoms with E-state index >= 15 is 0 Å². The van der Waals surface area contributed by atoms with E-state index in [9.17, 15) is 14.0 Å². The van der Waals surface area contributed by atoms with E-state index in [0.29, 0.717) is 36.9 Å². The molecule has 1 aromatic heterocycles. The lowest BCUT2D eigenvalue weighted by atomic mass is 9.93. The van der Waals surface area contributed by atoms with Crippen LogP contribution in [0.2, 0.25) is 0 Å². The van der Waals surface area contributed by atoms with E-state index < -0.39 is 0 Å². The number of rotatable bonds is 5. The number of aromatic nitrogens is 2. The van der Waals surface area contributed by atoms with Gasteiger partial charge in [0.05, 0.1) is 0 Å². The summed E-state index contributed by atoms with van der Waals surface area (Å²) < 4.78 is 14.5. The molecule has 7 nitrogen and oxygen atoms in total. The molecule has 1 saturated heterocycles. The van der Waals surface area contributed by atoms with Gasteiger partial charge in [-0.25, -0.2) is 9.18 Å². The van der Waals surface area contributed by atoms with Crippen LogP contribution in [-0.2, 0) is 7.05 Å². The summed E-state index contributed by atoms with van der Waals surface area (Å²) in [5, 5.41) is 9.70. The van der Waals surface area contributed by atoms with Crippen LogP contribution in [0.5, 0.6) is 0 Å². The van der Waals surface area contributed by atoms with Crippen molar-refractivity contribution in [2.24, 2.45) is 13.0 Å². The molecule has 0 spiro atoms. The summed E-state index contributed by atoms with van der Waals surface area (Å²) in [6.07, 6.45) is 4.29. The molecule has 0 bridgehead atoms. The van der Waals surface area contributed by atoms with Crippen molar-refractivity contribution in [3.05, 3.63) is 48.0 Å². The van der Waals surface area contributed by atoms with Gasteiger partial charge in [-0.05, 0) is 55.5 Å². The van der Waals surface area contributed by atoms with Crippen LogP contribution in [0.1, 0.15) is 29.8 Å². The van der Waals surface area contributed by atoms with Gasteiger partial charge in [0.1, 0.15) is 11.5 Å². The summed E-state index contributed by atoms with van der Waals surface area (Å²) in [6.45, 7) is 1.96. The third-order valence-corrected chi connectivity index (χ3v) is 4.89. The Bertz CT molecular complexity index is 782. The van der Waals surface area contributed by atoms with Crippen molar-refractivity contribution in [1.29, 1.82) is 0 Å². The molecule has 3 amide bonds. The second kappa shape index (κ2) is 8.66. The topological polar surface area (TPSA) is 79.3 Å². The standard InChI is InChI=1S/C19H24FN5O2/c1-24-17(7-11-22-24)18(26)21-10-6-14-8-12-25(13-9-14)19(27)23-16-4-2-15(20)3-5-16/h2-5,7,11,14H,6,8-10,12-13H2,1H3,(H,21,26)(H,23,27). The highest BCUT2D eigenvalue weighted by atomic mass is 19.1. The third kappa shape index (κ3) is 5.06. The van der Waals surface area contributed by atoms with Gasteiger partial charge in [-0.15, -0.1) is 0 Å². The molecule has 2 heterocycles. The number of halogens is 1. The molecular weight excluding hydrogens is 349 g/mol. The van der Waals surface area contributed by atoms with Gasteiger partial charge < -0.3 is 15.5 Å². The monoisotopic (exact) mass is 373 g/mol.